The average Bonchev–Trinajstić information content (AvgIpc) is 3.37. The first-order chi connectivity index (χ1) is 10.9. The van der Waals surface area contributed by atoms with E-state index >= 15 is 0 Å². The predicted molar refractivity (Wildman–Crippen MR) is 103 cm³/mol. The van der Waals surface area contributed by atoms with Crippen LogP contribution in [-0.2, 0) is 5.41 Å². The average molecular weight is 314 g/mol. The molecule has 1 fully saturated rings. The Morgan fingerprint density at radius 2 is 1.70 bits per heavy atom. The highest BCUT2D eigenvalue weighted by molar-refractivity contribution is 5.50. The van der Waals surface area contributed by atoms with Gasteiger partial charge in [0.25, 0.3) is 0 Å². The Labute approximate surface area is 144 Å². The van der Waals surface area contributed by atoms with Crippen molar-refractivity contribution < 1.29 is 0 Å². The van der Waals surface area contributed by atoms with Crippen molar-refractivity contribution in [2.45, 2.75) is 78.2 Å². The van der Waals surface area contributed by atoms with Crippen molar-refractivity contribution in [1.82, 2.24) is 4.90 Å². The first-order valence-electron chi connectivity index (χ1n) is 9.15. The Balaban J connectivity index is 0.000000460. The standard InChI is InChI=1S/C17H23N.C3H6.C2H6/c1-7-13-11-15-14(10-12(13)2)16(18(5)6)8-9-17(15,3)4;1-2-3-1;1-2/h1,10-11,16H,8-9H2,2-6H3;1-3H2;1-2H3. The molecule has 0 aromatic heterocycles. The van der Waals surface area contributed by atoms with Gasteiger partial charge in [-0.1, -0.05) is 58.9 Å². The summed E-state index contributed by atoms with van der Waals surface area (Å²) in [5.74, 6) is 2.81. The number of nitrogens with zero attached hydrogens (tertiary/aromatic N) is 1. The van der Waals surface area contributed by atoms with E-state index < -0.39 is 0 Å². The van der Waals surface area contributed by atoms with Gasteiger partial charge in [0.2, 0.25) is 0 Å². The topological polar surface area (TPSA) is 3.24 Å². The van der Waals surface area contributed by atoms with Crippen LogP contribution in [-0.4, -0.2) is 19.0 Å². The molecule has 1 heteroatoms. The van der Waals surface area contributed by atoms with Crippen LogP contribution in [0.3, 0.4) is 0 Å². The second-order valence-electron chi connectivity index (χ2n) is 7.36. The Bertz CT molecular complexity index is 541. The van der Waals surface area contributed by atoms with Crippen molar-refractivity contribution in [2.75, 3.05) is 14.1 Å². The first kappa shape index (κ1) is 19.8. The molecule has 23 heavy (non-hydrogen) atoms. The minimum atomic E-state index is 0.237. The van der Waals surface area contributed by atoms with Gasteiger partial charge in [-0.3, -0.25) is 0 Å². The molecule has 1 unspecified atom stereocenters. The van der Waals surface area contributed by atoms with Gasteiger partial charge >= 0.3 is 0 Å². The van der Waals surface area contributed by atoms with Crippen molar-refractivity contribution in [3.05, 3.63) is 34.4 Å². The molecule has 0 radical (unpaired) electrons. The van der Waals surface area contributed by atoms with E-state index in [1.807, 2.05) is 13.8 Å². The lowest BCUT2D eigenvalue weighted by Crippen LogP contribution is -2.32. The summed E-state index contributed by atoms with van der Waals surface area (Å²) < 4.78 is 0. The molecular formula is C22H35N. The lowest BCUT2D eigenvalue weighted by Gasteiger charge is -2.40. The summed E-state index contributed by atoms with van der Waals surface area (Å²) in [4.78, 5) is 2.32. The number of hydrogen-bond donors (Lipinski definition) is 0. The van der Waals surface area contributed by atoms with Crippen LogP contribution in [0.15, 0.2) is 12.1 Å². The number of fused-ring (bicyclic) bond motifs is 1. The molecule has 1 aromatic carbocycles. The van der Waals surface area contributed by atoms with E-state index in [4.69, 9.17) is 6.42 Å². The molecule has 0 bridgehead atoms. The largest absolute Gasteiger partial charge is 0.302 e. The molecule has 2 aliphatic rings. The van der Waals surface area contributed by atoms with E-state index in [2.05, 4.69) is 57.8 Å². The molecular weight excluding hydrogens is 278 g/mol. The van der Waals surface area contributed by atoms with Crippen molar-refractivity contribution in [2.24, 2.45) is 0 Å². The first-order valence-corrected chi connectivity index (χ1v) is 9.15. The van der Waals surface area contributed by atoms with Gasteiger partial charge in [0, 0.05) is 11.6 Å². The third-order valence-electron chi connectivity index (χ3n) is 4.66. The number of benzene rings is 1. The maximum absolute atomic E-state index is 5.61. The fraction of sp³-hybridized carbons (Fsp3) is 0.636. The summed E-state index contributed by atoms with van der Waals surface area (Å²) in [6.45, 7) is 10.8. The maximum atomic E-state index is 5.61. The minimum Gasteiger partial charge on any atom is -0.302 e. The smallest absolute Gasteiger partial charge is 0.0345 e. The van der Waals surface area contributed by atoms with Crippen LogP contribution in [0.25, 0.3) is 0 Å². The molecule has 1 atom stereocenters. The van der Waals surface area contributed by atoms with Crippen molar-refractivity contribution >= 4 is 0 Å². The highest BCUT2D eigenvalue weighted by Gasteiger charge is 2.33. The third-order valence-corrected chi connectivity index (χ3v) is 4.66. The van der Waals surface area contributed by atoms with Gasteiger partial charge in [0.1, 0.15) is 0 Å². The summed E-state index contributed by atoms with van der Waals surface area (Å²) in [5, 5.41) is 0. The van der Waals surface area contributed by atoms with Gasteiger partial charge in [-0.05, 0) is 62.0 Å². The van der Waals surface area contributed by atoms with Crippen LogP contribution in [0.5, 0.6) is 0 Å². The van der Waals surface area contributed by atoms with Crippen LogP contribution < -0.4 is 0 Å². The summed E-state index contributed by atoms with van der Waals surface area (Å²) in [6, 6.07) is 5.06. The lowest BCUT2D eigenvalue weighted by molar-refractivity contribution is 0.237. The minimum absolute atomic E-state index is 0.237. The molecule has 1 nitrogen and oxygen atoms in total. The van der Waals surface area contributed by atoms with Gasteiger partial charge in [-0.15, -0.1) is 6.42 Å². The highest BCUT2D eigenvalue weighted by Crippen LogP contribution is 2.44. The number of rotatable bonds is 1. The van der Waals surface area contributed by atoms with Gasteiger partial charge < -0.3 is 4.90 Å². The highest BCUT2D eigenvalue weighted by atomic mass is 15.1. The molecule has 0 amide bonds. The number of terminal acetylenes is 1. The van der Waals surface area contributed by atoms with E-state index in [1.54, 1.807) is 0 Å². The van der Waals surface area contributed by atoms with E-state index in [0.717, 1.165) is 5.56 Å². The van der Waals surface area contributed by atoms with Gasteiger partial charge in [0.15, 0.2) is 0 Å². The molecule has 1 saturated carbocycles. The maximum Gasteiger partial charge on any atom is 0.0345 e. The fourth-order valence-corrected chi connectivity index (χ4v) is 3.07. The Morgan fingerprint density at radius 1 is 1.13 bits per heavy atom. The summed E-state index contributed by atoms with van der Waals surface area (Å²) >= 11 is 0. The van der Waals surface area contributed by atoms with Gasteiger partial charge in [-0.2, -0.15) is 0 Å². The molecule has 2 aliphatic carbocycles. The normalized spacial score (nSPS) is 20.2. The van der Waals surface area contributed by atoms with E-state index in [9.17, 15) is 0 Å². The SMILES string of the molecule is C#Cc1cc2c(cc1C)C(N(C)C)CCC2(C)C.C1CC1.CC. The zero-order chi connectivity index (χ0) is 17.6. The predicted octanol–water partition coefficient (Wildman–Crippen LogP) is 5.85. The van der Waals surface area contributed by atoms with E-state index in [0.29, 0.717) is 6.04 Å². The van der Waals surface area contributed by atoms with Gasteiger partial charge in [0.05, 0.1) is 0 Å². The Kier molecular flexibility index (Phi) is 7.36. The second-order valence-corrected chi connectivity index (χ2v) is 7.36. The number of aryl methyl sites for hydroxylation is 1. The molecule has 0 N–H and O–H groups in total. The second kappa shape index (κ2) is 8.55. The molecule has 1 aromatic rings. The van der Waals surface area contributed by atoms with Crippen molar-refractivity contribution in [3.63, 3.8) is 0 Å². The monoisotopic (exact) mass is 313 g/mol. The summed E-state index contributed by atoms with van der Waals surface area (Å²) in [6.07, 6.45) is 12.5. The lowest BCUT2D eigenvalue weighted by atomic mass is 9.70. The summed E-state index contributed by atoms with van der Waals surface area (Å²) in [5.41, 5.74) is 5.40. The quantitative estimate of drug-likeness (QED) is 0.588. The van der Waals surface area contributed by atoms with Gasteiger partial charge in [-0.25, -0.2) is 0 Å². The third kappa shape index (κ3) is 5.11. The van der Waals surface area contributed by atoms with Crippen LogP contribution >= 0.6 is 0 Å². The van der Waals surface area contributed by atoms with Crippen molar-refractivity contribution in [3.8, 4) is 12.3 Å². The fourth-order valence-electron chi connectivity index (χ4n) is 3.07. The molecule has 0 saturated heterocycles. The molecule has 128 valence electrons. The van der Waals surface area contributed by atoms with Crippen LogP contribution in [0.2, 0.25) is 0 Å². The Hall–Kier alpha value is -1.26. The van der Waals surface area contributed by atoms with E-state index in [1.165, 1.54) is 48.8 Å². The zero-order valence-corrected chi connectivity index (χ0v) is 16.3. The van der Waals surface area contributed by atoms with Crippen molar-refractivity contribution in [1.29, 1.82) is 0 Å². The zero-order valence-electron chi connectivity index (χ0n) is 16.3. The van der Waals surface area contributed by atoms with Crippen LogP contribution in [0, 0.1) is 19.3 Å². The molecule has 0 aliphatic heterocycles. The number of hydrogen-bond acceptors (Lipinski definition) is 1. The summed E-state index contributed by atoms with van der Waals surface area (Å²) in [7, 11) is 4.33. The van der Waals surface area contributed by atoms with E-state index in [-0.39, 0.29) is 5.41 Å². The van der Waals surface area contributed by atoms with Crippen LogP contribution in [0.1, 0.15) is 88.1 Å². The molecule has 0 heterocycles. The van der Waals surface area contributed by atoms with Crippen LogP contribution in [0.4, 0.5) is 0 Å². The Morgan fingerprint density at radius 3 is 2.13 bits per heavy atom. The molecule has 0 spiro atoms. The molecule has 3 rings (SSSR count).